The first-order chi connectivity index (χ1) is 8.72. The number of ether oxygens (including phenoxy) is 2. The van der Waals surface area contributed by atoms with Crippen molar-refractivity contribution in [1.82, 2.24) is 9.97 Å². The van der Waals surface area contributed by atoms with Crippen molar-refractivity contribution in [2.75, 3.05) is 24.3 Å². The van der Waals surface area contributed by atoms with Crippen LogP contribution in [0.25, 0.3) is 0 Å². The van der Waals surface area contributed by atoms with Gasteiger partial charge in [-0.05, 0) is 19.8 Å². The summed E-state index contributed by atoms with van der Waals surface area (Å²) in [6.45, 7) is 5.44. The summed E-state index contributed by atoms with van der Waals surface area (Å²) >= 11 is 0. The molecule has 0 bridgehead atoms. The van der Waals surface area contributed by atoms with Crippen LogP contribution in [0, 0.1) is 0 Å². The van der Waals surface area contributed by atoms with Crippen molar-refractivity contribution in [3.8, 4) is 5.88 Å². The number of aromatic nitrogens is 2. The van der Waals surface area contributed by atoms with Gasteiger partial charge in [0, 0.05) is 6.61 Å². The lowest BCUT2D eigenvalue weighted by atomic mass is 10.1. The Bertz CT molecular complexity index is 400. The molecule has 0 amide bonds. The highest BCUT2D eigenvalue weighted by molar-refractivity contribution is 5.66. The topological polar surface area (TPSA) is 82.3 Å². The SMILES string of the molecule is CCCOc1ncnc(NC2CCOC2C)c1N. The Morgan fingerprint density at radius 2 is 2.39 bits per heavy atom. The van der Waals surface area contributed by atoms with E-state index in [-0.39, 0.29) is 12.1 Å². The highest BCUT2D eigenvalue weighted by Crippen LogP contribution is 2.27. The molecule has 2 atom stereocenters. The highest BCUT2D eigenvalue weighted by Gasteiger charge is 2.25. The van der Waals surface area contributed by atoms with Gasteiger partial charge >= 0.3 is 0 Å². The van der Waals surface area contributed by atoms with Crippen LogP contribution in [0.15, 0.2) is 6.33 Å². The largest absolute Gasteiger partial charge is 0.476 e. The van der Waals surface area contributed by atoms with Crippen molar-refractivity contribution < 1.29 is 9.47 Å². The third-order valence-corrected chi connectivity index (χ3v) is 2.99. The normalized spacial score (nSPS) is 23.0. The lowest BCUT2D eigenvalue weighted by Crippen LogP contribution is -2.27. The fourth-order valence-electron chi connectivity index (χ4n) is 1.91. The van der Waals surface area contributed by atoms with Gasteiger partial charge in [0.1, 0.15) is 12.0 Å². The molecule has 3 N–H and O–H groups in total. The average Bonchev–Trinajstić information content (AvgIpc) is 2.76. The summed E-state index contributed by atoms with van der Waals surface area (Å²) in [4.78, 5) is 8.20. The molecule has 1 aliphatic rings. The van der Waals surface area contributed by atoms with Crippen molar-refractivity contribution in [2.45, 2.75) is 38.8 Å². The summed E-state index contributed by atoms with van der Waals surface area (Å²) in [6, 6.07) is 0.237. The lowest BCUT2D eigenvalue weighted by Gasteiger charge is -2.18. The zero-order chi connectivity index (χ0) is 13.0. The van der Waals surface area contributed by atoms with E-state index in [2.05, 4.69) is 15.3 Å². The molecule has 1 aliphatic heterocycles. The van der Waals surface area contributed by atoms with Gasteiger partial charge < -0.3 is 20.5 Å². The van der Waals surface area contributed by atoms with Gasteiger partial charge in [-0.15, -0.1) is 0 Å². The zero-order valence-electron chi connectivity index (χ0n) is 10.8. The minimum absolute atomic E-state index is 0.166. The highest BCUT2D eigenvalue weighted by atomic mass is 16.5. The van der Waals surface area contributed by atoms with E-state index in [9.17, 15) is 0 Å². The minimum atomic E-state index is 0.166. The standard InChI is InChI=1S/C12H20N4O2/c1-3-5-18-12-10(13)11(14-7-15-12)16-9-4-6-17-8(9)2/h7-9H,3-6,13H2,1-2H3,(H,14,15,16). The number of anilines is 2. The molecule has 1 aromatic heterocycles. The molecule has 1 fully saturated rings. The molecule has 2 heterocycles. The van der Waals surface area contributed by atoms with Crippen LogP contribution in [-0.4, -0.2) is 35.3 Å². The van der Waals surface area contributed by atoms with E-state index in [4.69, 9.17) is 15.2 Å². The smallest absolute Gasteiger partial charge is 0.242 e. The second-order valence-electron chi connectivity index (χ2n) is 4.40. The van der Waals surface area contributed by atoms with E-state index in [0.29, 0.717) is 24.0 Å². The van der Waals surface area contributed by atoms with E-state index in [1.54, 1.807) is 0 Å². The molecule has 0 saturated carbocycles. The van der Waals surface area contributed by atoms with Gasteiger partial charge in [-0.2, -0.15) is 4.98 Å². The Hall–Kier alpha value is -1.56. The Morgan fingerprint density at radius 1 is 1.56 bits per heavy atom. The van der Waals surface area contributed by atoms with E-state index in [1.807, 2.05) is 13.8 Å². The van der Waals surface area contributed by atoms with Gasteiger partial charge in [-0.3, -0.25) is 0 Å². The minimum Gasteiger partial charge on any atom is -0.476 e. The summed E-state index contributed by atoms with van der Waals surface area (Å²) in [7, 11) is 0. The fourth-order valence-corrected chi connectivity index (χ4v) is 1.91. The molecule has 6 nitrogen and oxygen atoms in total. The van der Waals surface area contributed by atoms with Gasteiger partial charge in [0.2, 0.25) is 5.88 Å². The van der Waals surface area contributed by atoms with E-state index in [1.165, 1.54) is 6.33 Å². The number of hydrogen-bond donors (Lipinski definition) is 2. The molecule has 0 spiro atoms. The van der Waals surface area contributed by atoms with Gasteiger partial charge in [0.05, 0.1) is 18.8 Å². The van der Waals surface area contributed by atoms with E-state index >= 15 is 0 Å². The Kier molecular flexibility index (Phi) is 4.19. The molecular formula is C12H20N4O2. The van der Waals surface area contributed by atoms with Gasteiger partial charge in [-0.25, -0.2) is 4.98 Å². The molecule has 100 valence electrons. The van der Waals surface area contributed by atoms with Gasteiger partial charge in [0.25, 0.3) is 0 Å². The molecule has 18 heavy (non-hydrogen) atoms. The molecule has 2 unspecified atom stereocenters. The van der Waals surface area contributed by atoms with E-state index < -0.39 is 0 Å². The van der Waals surface area contributed by atoms with Crippen LogP contribution in [0.1, 0.15) is 26.7 Å². The molecular weight excluding hydrogens is 232 g/mol. The van der Waals surface area contributed by atoms with Crippen molar-refractivity contribution in [1.29, 1.82) is 0 Å². The summed E-state index contributed by atoms with van der Waals surface area (Å²) in [5.41, 5.74) is 6.46. The second-order valence-corrected chi connectivity index (χ2v) is 4.40. The number of nitrogens with one attached hydrogen (secondary N) is 1. The number of nitrogens with zero attached hydrogens (tertiary/aromatic N) is 2. The maximum atomic E-state index is 5.99. The maximum absolute atomic E-state index is 5.99. The van der Waals surface area contributed by atoms with E-state index in [0.717, 1.165) is 19.4 Å². The quantitative estimate of drug-likeness (QED) is 0.825. The first-order valence-corrected chi connectivity index (χ1v) is 6.33. The van der Waals surface area contributed by atoms with Crippen LogP contribution >= 0.6 is 0 Å². The molecule has 1 saturated heterocycles. The molecule has 0 radical (unpaired) electrons. The van der Waals surface area contributed by atoms with Gasteiger partial charge in [-0.1, -0.05) is 6.92 Å². The first-order valence-electron chi connectivity index (χ1n) is 6.33. The zero-order valence-corrected chi connectivity index (χ0v) is 10.8. The Morgan fingerprint density at radius 3 is 3.06 bits per heavy atom. The second kappa shape index (κ2) is 5.86. The lowest BCUT2D eigenvalue weighted by molar-refractivity contribution is 0.121. The molecule has 0 aromatic carbocycles. The van der Waals surface area contributed by atoms with Crippen LogP contribution < -0.4 is 15.8 Å². The summed E-state index contributed by atoms with van der Waals surface area (Å²) < 4.78 is 11.0. The summed E-state index contributed by atoms with van der Waals surface area (Å²) in [6.07, 6.45) is 3.50. The first kappa shape index (κ1) is 12.9. The van der Waals surface area contributed by atoms with Crippen LogP contribution in [0.4, 0.5) is 11.5 Å². The van der Waals surface area contributed by atoms with Crippen molar-refractivity contribution in [3.63, 3.8) is 0 Å². The monoisotopic (exact) mass is 252 g/mol. The van der Waals surface area contributed by atoms with Crippen molar-refractivity contribution in [2.24, 2.45) is 0 Å². The average molecular weight is 252 g/mol. The molecule has 0 aliphatic carbocycles. The maximum Gasteiger partial charge on any atom is 0.242 e. The fraction of sp³-hybridized carbons (Fsp3) is 0.667. The number of hydrogen-bond acceptors (Lipinski definition) is 6. The third-order valence-electron chi connectivity index (χ3n) is 2.99. The molecule has 1 aromatic rings. The van der Waals surface area contributed by atoms with Crippen LogP contribution in [0.5, 0.6) is 5.88 Å². The number of rotatable bonds is 5. The molecule has 6 heteroatoms. The third kappa shape index (κ3) is 2.81. The predicted molar refractivity (Wildman–Crippen MR) is 69.7 cm³/mol. The summed E-state index contributed by atoms with van der Waals surface area (Å²) in [5.74, 6) is 1.07. The predicted octanol–water partition coefficient (Wildman–Crippen LogP) is 1.44. The van der Waals surface area contributed by atoms with Crippen molar-refractivity contribution >= 4 is 11.5 Å². The van der Waals surface area contributed by atoms with Crippen LogP contribution in [0.3, 0.4) is 0 Å². The van der Waals surface area contributed by atoms with Crippen molar-refractivity contribution in [3.05, 3.63) is 6.33 Å². The molecule has 2 rings (SSSR count). The van der Waals surface area contributed by atoms with Crippen LogP contribution in [0.2, 0.25) is 0 Å². The van der Waals surface area contributed by atoms with Crippen LogP contribution in [-0.2, 0) is 4.74 Å². The van der Waals surface area contributed by atoms with Gasteiger partial charge in [0.15, 0.2) is 5.82 Å². The number of nitrogens with two attached hydrogens (primary N) is 1. The Balaban J connectivity index is 2.07. The Labute approximate surface area is 107 Å². The summed E-state index contributed by atoms with van der Waals surface area (Å²) in [5, 5.41) is 3.29. The number of nitrogen functional groups attached to an aromatic ring is 1.